The fraction of sp³-hybridized carbons (Fsp3) is 0.167. The van der Waals surface area contributed by atoms with E-state index in [4.69, 9.17) is 5.73 Å². The molecule has 0 radical (unpaired) electrons. The van der Waals surface area contributed by atoms with E-state index in [9.17, 15) is 9.18 Å². The Morgan fingerprint density at radius 2 is 2.04 bits per heavy atom. The van der Waals surface area contributed by atoms with E-state index in [1.54, 1.807) is 6.07 Å². The molecule has 0 bridgehead atoms. The Hall–Kier alpha value is -3.22. The second-order valence-corrected chi connectivity index (χ2v) is 5.91. The maximum absolute atomic E-state index is 13.6. The highest BCUT2D eigenvalue weighted by Crippen LogP contribution is 2.33. The molecule has 0 saturated carbocycles. The number of nitrogens with two attached hydrogens (primary N) is 1. The summed E-state index contributed by atoms with van der Waals surface area (Å²) >= 11 is 0. The van der Waals surface area contributed by atoms with Gasteiger partial charge in [0.15, 0.2) is 5.82 Å². The summed E-state index contributed by atoms with van der Waals surface area (Å²) in [6.45, 7) is 0.620. The molecule has 126 valence electrons. The molecule has 25 heavy (non-hydrogen) atoms. The van der Waals surface area contributed by atoms with E-state index in [-0.39, 0.29) is 17.7 Å². The average Bonchev–Trinajstić information content (AvgIpc) is 3.03. The van der Waals surface area contributed by atoms with Gasteiger partial charge >= 0.3 is 0 Å². The standard InChI is InChI=1S/C18H16FN5O/c19-12-6-7-15-14(10-12)13(8-9-21-15)17(25)24-18(20)22-16(23-24)11-4-2-1-3-5-11/h1-7,10,13,21H,8-9H2,(H2,20,22,23)/t13-/m1/s1. The molecule has 4 rings (SSSR count). The molecule has 2 heterocycles. The number of carbonyl (C=O) groups is 1. The Balaban J connectivity index is 1.71. The first-order valence-electron chi connectivity index (χ1n) is 7.99. The summed E-state index contributed by atoms with van der Waals surface area (Å²) in [4.78, 5) is 17.2. The van der Waals surface area contributed by atoms with Crippen LogP contribution in [0.4, 0.5) is 16.0 Å². The molecule has 1 aromatic heterocycles. The highest BCUT2D eigenvalue weighted by atomic mass is 19.1. The SMILES string of the molecule is Nc1nc(-c2ccccc2)nn1C(=O)[C@@H]1CCNc2ccc(F)cc21. The van der Waals surface area contributed by atoms with Gasteiger partial charge in [-0.05, 0) is 30.2 Å². The topological polar surface area (TPSA) is 85.8 Å². The smallest absolute Gasteiger partial charge is 0.257 e. The summed E-state index contributed by atoms with van der Waals surface area (Å²) in [5.41, 5.74) is 8.07. The largest absolute Gasteiger partial charge is 0.385 e. The molecule has 3 N–H and O–H groups in total. The highest BCUT2D eigenvalue weighted by Gasteiger charge is 2.30. The van der Waals surface area contributed by atoms with Crippen LogP contribution in [0.15, 0.2) is 48.5 Å². The van der Waals surface area contributed by atoms with E-state index in [0.717, 1.165) is 15.9 Å². The molecule has 0 saturated heterocycles. The summed E-state index contributed by atoms with van der Waals surface area (Å²) in [6, 6.07) is 13.7. The van der Waals surface area contributed by atoms with Crippen molar-refractivity contribution < 1.29 is 9.18 Å². The predicted octanol–water partition coefficient (Wildman–Crippen LogP) is 2.91. The molecule has 2 aromatic carbocycles. The molecule has 1 aliphatic heterocycles. The monoisotopic (exact) mass is 337 g/mol. The van der Waals surface area contributed by atoms with Crippen molar-refractivity contribution in [1.29, 1.82) is 0 Å². The van der Waals surface area contributed by atoms with Crippen LogP contribution in [0.2, 0.25) is 0 Å². The van der Waals surface area contributed by atoms with Crippen molar-refractivity contribution in [2.45, 2.75) is 12.3 Å². The zero-order chi connectivity index (χ0) is 17.4. The van der Waals surface area contributed by atoms with E-state index >= 15 is 0 Å². The molecule has 0 spiro atoms. The number of halogens is 1. The van der Waals surface area contributed by atoms with Crippen molar-refractivity contribution in [1.82, 2.24) is 14.8 Å². The first-order chi connectivity index (χ1) is 12.1. The number of aromatic nitrogens is 3. The van der Waals surface area contributed by atoms with E-state index < -0.39 is 5.92 Å². The molecule has 0 unspecified atom stereocenters. The van der Waals surface area contributed by atoms with Crippen molar-refractivity contribution >= 4 is 17.5 Å². The van der Waals surface area contributed by atoms with Gasteiger partial charge in [0.25, 0.3) is 5.91 Å². The minimum Gasteiger partial charge on any atom is -0.385 e. The quantitative estimate of drug-likeness (QED) is 0.751. The average molecular weight is 337 g/mol. The van der Waals surface area contributed by atoms with Crippen molar-refractivity contribution in [2.75, 3.05) is 17.6 Å². The van der Waals surface area contributed by atoms with E-state index in [1.165, 1.54) is 12.1 Å². The normalized spacial score (nSPS) is 16.1. The minimum absolute atomic E-state index is 0.0281. The lowest BCUT2D eigenvalue weighted by atomic mass is 9.90. The number of benzene rings is 2. The molecule has 6 nitrogen and oxygen atoms in total. The summed E-state index contributed by atoms with van der Waals surface area (Å²) in [6.07, 6.45) is 0.537. The van der Waals surface area contributed by atoms with Crippen molar-refractivity contribution in [3.63, 3.8) is 0 Å². The summed E-state index contributed by atoms with van der Waals surface area (Å²) in [7, 11) is 0. The maximum atomic E-state index is 13.6. The van der Waals surface area contributed by atoms with Crippen LogP contribution in [0.1, 0.15) is 22.7 Å². The molecule has 1 aliphatic rings. The van der Waals surface area contributed by atoms with Gasteiger partial charge in [-0.15, -0.1) is 5.10 Å². The summed E-state index contributed by atoms with van der Waals surface area (Å²) in [5, 5.41) is 7.44. The van der Waals surface area contributed by atoms with Gasteiger partial charge in [0.2, 0.25) is 5.95 Å². The fourth-order valence-electron chi connectivity index (χ4n) is 3.09. The third-order valence-electron chi connectivity index (χ3n) is 4.31. The zero-order valence-electron chi connectivity index (χ0n) is 13.3. The lowest BCUT2D eigenvalue weighted by Gasteiger charge is -2.25. The lowest BCUT2D eigenvalue weighted by molar-refractivity contribution is 0.0859. The van der Waals surface area contributed by atoms with Gasteiger partial charge in [-0.3, -0.25) is 4.79 Å². The third kappa shape index (κ3) is 2.73. The Morgan fingerprint density at radius 1 is 1.24 bits per heavy atom. The Morgan fingerprint density at radius 3 is 2.84 bits per heavy atom. The predicted molar refractivity (Wildman–Crippen MR) is 92.7 cm³/mol. The number of anilines is 2. The molecule has 0 amide bonds. The molecule has 0 aliphatic carbocycles. The Bertz CT molecular complexity index is 938. The molecule has 0 fully saturated rings. The Kier molecular flexibility index (Phi) is 3.68. The number of fused-ring (bicyclic) bond motifs is 1. The first-order valence-corrected chi connectivity index (χ1v) is 7.99. The van der Waals surface area contributed by atoms with Gasteiger partial charge in [0.1, 0.15) is 5.82 Å². The number of rotatable bonds is 2. The van der Waals surface area contributed by atoms with Crippen LogP contribution in [-0.2, 0) is 0 Å². The van der Waals surface area contributed by atoms with Crippen LogP contribution >= 0.6 is 0 Å². The van der Waals surface area contributed by atoms with Crippen molar-refractivity contribution in [3.05, 3.63) is 59.9 Å². The van der Waals surface area contributed by atoms with Crippen LogP contribution in [-0.4, -0.2) is 27.2 Å². The molecular weight excluding hydrogens is 321 g/mol. The van der Waals surface area contributed by atoms with Crippen LogP contribution < -0.4 is 11.1 Å². The van der Waals surface area contributed by atoms with Crippen LogP contribution in [0, 0.1) is 5.82 Å². The third-order valence-corrected chi connectivity index (χ3v) is 4.31. The van der Waals surface area contributed by atoms with E-state index in [1.807, 2.05) is 30.3 Å². The molecule has 1 atom stereocenters. The lowest BCUT2D eigenvalue weighted by Crippen LogP contribution is -2.28. The summed E-state index contributed by atoms with van der Waals surface area (Å²) < 4.78 is 14.8. The van der Waals surface area contributed by atoms with Crippen molar-refractivity contribution in [3.8, 4) is 11.4 Å². The van der Waals surface area contributed by atoms with Gasteiger partial charge in [0.05, 0.1) is 5.92 Å². The highest BCUT2D eigenvalue weighted by molar-refractivity contribution is 5.89. The second kappa shape index (κ2) is 6.01. The minimum atomic E-state index is -0.514. The van der Waals surface area contributed by atoms with Gasteiger partial charge in [-0.1, -0.05) is 30.3 Å². The molecule has 7 heteroatoms. The van der Waals surface area contributed by atoms with Gasteiger partial charge in [0, 0.05) is 17.8 Å². The number of nitrogen functional groups attached to an aromatic ring is 1. The number of nitrogens with zero attached hydrogens (tertiary/aromatic N) is 3. The number of nitrogens with one attached hydrogen (secondary N) is 1. The molecule has 3 aromatic rings. The number of carbonyl (C=O) groups excluding carboxylic acids is 1. The fourth-order valence-corrected chi connectivity index (χ4v) is 3.09. The number of hydrogen-bond acceptors (Lipinski definition) is 5. The van der Waals surface area contributed by atoms with Gasteiger partial charge < -0.3 is 11.1 Å². The second-order valence-electron chi connectivity index (χ2n) is 5.91. The van der Waals surface area contributed by atoms with Crippen LogP contribution in [0.5, 0.6) is 0 Å². The maximum Gasteiger partial charge on any atom is 0.257 e. The van der Waals surface area contributed by atoms with Crippen LogP contribution in [0.25, 0.3) is 11.4 Å². The van der Waals surface area contributed by atoms with E-state index in [2.05, 4.69) is 15.4 Å². The Labute approximate surface area is 143 Å². The van der Waals surface area contributed by atoms with E-state index in [0.29, 0.717) is 24.4 Å². The van der Waals surface area contributed by atoms with Crippen molar-refractivity contribution in [2.24, 2.45) is 0 Å². The first kappa shape index (κ1) is 15.3. The van der Waals surface area contributed by atoms with Crippen LogP contribution in [0.3, 0.4) is 0 Å². The van der Waals surface area contributed by atoms with Gasteiger partial charge in [-0.25, -0.2) is 4.39 Å². The molecular formula is C18H16FN5O. The number of hydrogen-bond donors (Lipinski definition) is 2. The zero-order valence-corrected chi connectivity index (χ0v) is 13.3. The van der Waals surface area contributed by atoms with Gasteiger partial charge in [-0.2, -0.15) is 9.67 Å². The summed E-state index contributed by atoms with van der Waals surface area (Å²) in [5.74, 6) is -0.780.